The smallest absolute Gasteiger partial charge is 0.333 e. The molecule has 90 valence electrons. The maximum absolute atomic E-state index is 11.3. The Balaban J connectivity index is 2.46. The number of carbonyl (C=O) groups is 1. The van der Waals surface area contributed by atoms with Crippen molar-refractivity contribution in [2.24, 2.45) is 0 Å². The van der Waals surface area contributed by atoms with Crippen LogP contribution in [0.5, 0.6) is 0 Å². The molecule has 1 aromatic rings. The van der Waals surface area contributed by atoms with Crippen molar-refractivity contribution in [3.8, 4) is 0 Å². The van der Waals surface area contributed by atoms with Crippen molar-refractivity contribution >= 4 is 23.1 Å². The first-order valence-corrected chi connectivity index (χ1v) is 5.85. The van der Waals surface area contributed by atoms with Gasteiger partial charge in [0, 0.05) is 18.1 Å². The lowest BCUT2D eigenvalue weighted by Gasteiger charge is -2.26. The van der Waals surface area contributed by atoms with E-state index in [1.165, 1.54) is 0 Å². The highest BCUT2D eigenvalue weighted by atomic mass is 35.5. The van der Waals surface area contributed by atoms with Crippen LogP contribution in [0.1, 0.15) is 12.0 Å². The number of aliphatic carboxylic acids is 1. The first-order chi connectivity index (χ1) is 8.08. The quantitative estimate of drug-likeness (QED) is 0.878. The Bertz CT molecular complexity index is 482. The Labute approximate surface area is 105 Å². The molecule has 0 saturated carbocycles. The minimum absolute atomic E-state index is 0.473. The molecule has 1 aromatic carbocycles. The van der Waals surface area contributed by atoms with Crippen molar-refractivity contribution in [1.82, 2.24) is 4.90 Å². The summed E-state index contributed by atoms with van der Waals surface area (Å²) in [5.74, 6) is -0.841. The SMILES string of the molecule is CN1CCC(c2cccc(Cl)c2)=C(C(=O)O)C1. The Morgan fingerprint density at radius 3 is 2.88 bits per heavy atom. The van der Waals surface area contributed by atoms with Gasteiger partial charge in [0.15, 0.2) is 0 Å². The van der Waals surface area contributed by atoms with E-state index in [9.17, 15) is 9.90 Å². The lowest BCUT2D eigenvalue weighted by atomic mass is 9.93. The van der Waals surface area contributed by atoms with Gasteiger partial charge < -0.3 is 10.0 Å². The number of benzene rings is 1. The van der Waals surface area contributed by atoms with Crippen molar-refractivity contribution in [3.05, 3.63) is 40.4 Å². The second-order valence-corrected chi connectivity index (χ2v) is 4.70. The van der Waals surface area contributed by atoms with Crippen LogP contribution in [0.15, 0.2) is 29.8 Å². The molecular formula is C13H14ClNO2. The highest BCUT2D eigenvalue weighted by Gasteiger charge is 2.22. The fourth-order valence-electron chi connectivity index (χ4n) is 2.09. The number of carboxylic acids is 1. The second-order valence-electron chi connectivity index (χ2n) is 4.26. The van der Waals surface area contributed by atoms with Gasteiger partial charge >= 0.3 is 5.97 Å². The summed E-state index contributed by atoms with van der Waals surface area (Å²) >= 11 is 5.94. The van der Waals surface area contributed by atoms with Gasteiger partial charge in [-0.1, -0.05) is 23.7 Å². The van der Waals surface area contributed by atoms with Crippen LogP contribution < -0.4 is 0 Å². The highest BCUT2D eigenvalue weighted by molar-refractivity contribution is 6.30. The number of carboxylic acid groups (broad SMARTS) is 1. The van der Waals surface area contributed by atoms with Gasteiger partial charge in [-0.2, -0.15) is 0 Å². The number of likely N-dealkylation sites (N-methyl/N-ethyl adjacent to an activating group) is 1. The summed E-state index contributed by atoms with van der Waals surface area (Å²) in [6.07, 6.45) is 0.748. The summed E-state index contributed by atoms with van der Waals surface area (Å²) < 4.78 is 0. The Kier molecular flexibility index (Phi) is 3.50. The van der Waals surface area contributed by atoms with E-state index in [2.05, 4.69) is 0 Å². The van der Waals surface area contributed by atoms with E-state index in [1.807, 2.05) is 30.1 Å². The predicted octanol–water partition coefficient (Wildman–Crippen LogP) is 2.51. The molecule has 0 amide bonds. The molecule has 2 rings (SSSR count). The van der Waals surface area contributed by atoms with Gasteiger partial charge in [-0.05, 0) is 36.7 Å². The van der Waals surface area contributed by atoms with E-state index >= 15 is 0 Å². The number of hydrogen-bond donors (Lipinski definition) is 1. The normalized spacial score (nSPS) is 17.3. The fourth-order valence-corrected chi connectivity index (χ4v) is 2.28. The van der Waals surface area contributed by atoms with Gasteiger partial charge in [0.2, 0.25) is 0 Å². The molecule has 0 aromatic heterocycles. The first kappa shape index (κ1) is 12.1. The molecule has 1 aliphatic heterocycles. The molecule has 4 heteroatoms. The fraction of sp³-hybridized carbons (Fsp3) is 0.308. The summed E-state index contributed by atoms with van der Waals surface area (Å²) in [6.45, 7) is 1.36. The number of halogens is 1. The summed E-state index contributed by atoms with van der Waals surface area (Å²) in [5, 5.41) is 9.88. The zero-order valence-electron chi connectivity index (χ0n) is 9.61. The van der Waals surface area contributed by atoms with Crippen LogP contribution >= 0.6 is 11.6 Å². The van der Waals surface area contributed by atoms with E-state index in [4.69, 9.17) is 11.6 Å². The third-order valence-electron chi connectivity index (χ3n) is 2.97. The molecule has 0 aliphatic carbocycles. The van der Waals surface area contributed by atoms with Crippen LogP contribution in [0.3, 0.4) is 0 Å². The molecule has 0 atom stereocenters. The zero-order chi connectivity index (χ0) is 12.4. The van der Waals surface area contributed by atoms with E-state index < -0.39 is 5.97 Å². The van der Waals surface area contributed by atoms with Crippen LogP contribution in [0.4, 0.5) is 0 Å². The molecule has 1 N–H and O–H groups in total. The topological polar surface area (TPSA) is 40.5 Å². The van der Waals surface area contributed by atoms with Crippen LogP contribution in [0.2, 0.25) is 5.02 Å². The Morgan fingerprint density at radius 2 is 2.24 bits per heavy atom. The molecular weight excluding hydrogens is 238 g/mol. The van der Waals surface area contributed by atoms with E-state index in [-0.39, 0.29) is 0 Å². The van der Waals surface area contributed by atoms with E-state index in [0.29, 0.717) is 17.1 Å². The molecule has 1 aliphatic rings. The van der Waals surface area contributed by atoms with Crippen LogP contribution in [0.25, 0.3) is 5.57 Å². The molecule has 0 radical (unpaired) electrons. The van der Waals surface area contributed by atoms with Crippen molar-refractivity contribution < 1.29 is 9.90 Å². The summed E-state index contributed by atoms with van der Waals surface area (Å²) in [6, 6.07) is 7.38. The minimum atomic E-state index is -0.841. The zero-order valence-corrected chi connectivity index (χ0v) is 10.4. The maximum atomic E-state index is 11.3. The molecule has 1 heterocycles. The average molecular weight is 252 g/mol. The van der Waals surface area contributed by atoms with Gasteiger partial charge in [0.05, 0.1) is 5.57 Å². The lowest BCUT2D eigenvalue weighted by molar-refractivity contribution is -0.132. The largest absolute Gasteiger partial charge is 0.478 e. The average Bonchev–Trinajstić information content (AvgIpc) is 2.28. The first-order valence-electron chi connectivity index (χ1n) is 5.47. The number of rotatable bonds is 2. The minimum Gasteiger partial charge on any atom is -0.478 e. The van der Waals surface area contributed by atoms with Crippen molar-refractivity contribution in [3.63, 3.8) is 0 Å². The van der Waals surface area contributed by atoms with Gasteiger partial charge in [0.1, 0.15) is 0 Å². The van der Waals surface area contributed by atoms with E-state index in [0.717, 1.165) is 24.1 Å². The highest BCUT2D eigenvalue weighted by Crippen LogP contribution is 2.28. The van der Waals surface area contributed by atoms with Crippen molar-refractivity contribution in [2.75, 3.05) is 20.1 Å². The molecule has 17 heavy (non-hydrogen) atoms. The summed E-state index contributed by atoms with van der Waals surface area (Å²) in [7, 11) is 1.93. The molecule has 0 saturated heterocycles. The van der Waals surface area contributed by atoms with Gasteiger partial charge in [-0.15, -0.1) is 0 Å². The van der Waals surface area contributed by atoms with Crippen LogP contribution in [0, 0.1) is 0 Å². The third-order valence-corrected chi connectivity index (χ3v) is 3.20. The van der Waals surface area contributed by atoms with Gasteiger partial charge in [-0.3, -0.25) is 0 Å². The second kappa shape index (κ2) is 4.90. The maximum Gasteiger partial charge on any atom is 0.333 e. The predicted molar refractivity (Wildman–Crippen MR) is 68.1 cm³/mol. The summed E-state index contributed by atoms with van der Waals surface area (Å²) in [4.78, 5) is 13.3. The number of nitrogens with zero attached hydrogens (tertiary/aromatic N) is 1. The Morgan fingerprint density at radius 1 is 1.47 bits per heavy atom. The van der Waals surface area contributed by atoms with Crippen molar-refractivity contribution in [2.45, 2.75) is 6.42 Å². The van der Waals surface area contributed by atoms with Crippen molar-refractivity contribution in [1.29, 1.82) is 0 Å². The Hall–Kier alpha value is -1.32. The molecule has 0 spiro atoms. The lowest BCUT2D eigenvalue weighted by Crippen LogP contribution is -2.30. The molecule has 0 bridgehead atoms. The summed E-state index contributed by atoms with van der Waals surface area (Å²) in [5.41, 5.74) is 2.29. The van der Waals surface area contributed by atoms with Gasteiger partial charge in [-0.25, -0.2) is 4.79 Å². The molecule has 3 nitrogen and oxygen atoms in total. The van der Waals surface area contributed by atoms with Crippen LogP contribution in [-0.2, 0) is 4.79 Å². The van der Waals surface area contributed by atoms with Gasteiger partial charge in [0.25, 0.3) is 0 Å². The number of hydrogen-bond acceptors (Lipinski definition) is 2. The van der Waals surface area contributed by atoms with Crippen LogP contribution in [-0.4, -0.2) is 36.1 Å². The van der Waals surface area contributed by atoms with E-state index in [1.54, 1.807) is 6.07 Å². The standard InChI is InChI=1S/C13H14ClNO2/c1-15-6-5-11(12(8-15)13(16)17)9-3-2-4-10(14)7-9/h2-4,7H,5-6,8H2,1H3,(H,16,17). The molecule has 0 unspecified atom stereocenters. The monoisotopic (exact) mass is 251 g/mol. The molecule has 0 fully saturated rings. The third kappa shape index (κ3) is 2.68.